The molecule has 0 radical (unpaired) electrons. The van der Waals surface area contributed by atoms with Gasteiger partial charge in [-0.15, -0.1) is 0 Å². The number of methoxy groups -OCH3 is 1. The summed E-state index contributed by atoms with van der Waals surface area (Å²) in [4.78, 5) is 48.7. The highest BCUT2D eigenvalue weighted by atomic mass is 16.7. The van der Waals surface area contributed by atoms with E-state index in [1.54, 1.807) is 19.1 Å². The Morgan fingerprint density at radius 3 is 2.03 bits per heavy atom. The first kappa shape index (κ1) is 31.9. The van der Waals surface area contributed by atoms with Gasteiger partial charge in [0.05, 0.1) is 13.7 Å². The van der Waals surface area contributed by atoms with Crippen molar-refractivity contribution in [2.75, 3.05) is 20.3 Å². The van der Waals surface area contributed by atoms with Gasteiger partial charge in [0.1, 0.15) is 12.1 Å². The molecule has 0 saturated carbocycles. The van der Waals surface area contributed by atoms with Crippen LogP contribution < -0.4 is 14.8 Å². The van der Waals surface area contributed by atoms with Crippen LogP contribution in [0, 0.1) is 11.8 Å². The molecular formula is C27H41NO9. The van der Waals surface area contributed by atoms with Crippen molar-refractivity contribution in [1.82, 2.24) is 5.32 Å². The number of hydrogen-bond donors (Lipinski definition) is 1. The SMILES string of the molecule is CCCOC(=O)OC(C)CN[C@@H](Cc1ccc(OC(=O)CC(C)C)c(OC(=O)CC(C)C)c1)C(=O)OC. The molecule has 0 amide bonds. The van der Waals surface area contributed by atoms with Crippen molar-refractivity contribution in [2.45, 2.75) is 79.4 Å². The van der Waals surface area contributed by atoms with E-state index in [1.165, 1.54) is 13.2 Å². The Labute approximate surface area is 219 Å². The van der Waals surface area contributed by atoms with Crippen molar-refractivity contribution >= 4 is 24.1 Å². The predicted molar refractivity (Wildman–Crippen MR) is 136 cm³/mol. The van der Waals surface area contributed by atoms with E-state index in [1.807, 2.05) is 34.6 Å². The Morgan fingerprint density at radius 2 is 1.49 bits per heavy atom. The van der Waals surface area contributed by atoms with Gasteiger partial charge in [0.25, 0.3) is 0 Å². The molecule has 1 aromatic rings. The van der Waals surface area contributed by atoms with E-state index in [-0.39, 0.29) is 55.7 Å². The van der Waals surface area contributed by atoms with Crippen LogP contribution in [0.3, 0.4) is 0 Å². The van der Waals surface area contributed by atoms with E-state index >= 15 is 0 Å². The number of carbonyl (C=O) groups is 4. The van der Waals surface area contributed by atoms with Gasteiger partial charge in [-0.1, -0.05) is 40.7 Å². The molecule has 0 aliphatic heterocycles. The van der Waals surface area contributed by atoms with Crippen LogP contribution in [-0.2, 0) is 35.0 Å². The number of ether oxygens (including phenoxy) is 5. The number of nitrogens with one attached hydrogen (secondary N) is 1. The fourth-order valence-electron chi connectivity index (χ4n) is 3.19. The molecule has 208 valence electrons. The summed E-state index contributed by atoms with van der Waals surface area (Å²) in [6.45, 7) is 11.5. The molecule has 10 nitrogen and oxygen atoms in total. The van der Waals surface area contributed by atoms with Gasteiger partial charge in [-0.05, 0) is 49.3 Å². The van der Waals surface area contributed by atoms with E-state index in [0.717, 1.165) is 0 Å². The minimum absolute atomic E-state index is 0.0824. The fourth-order valence-corrected chi connectivity index (χ4v) is 3.19. The lowest BCUT2D eigenvalue weighted by Crippen LogP contribution is -2.43. The smallest absolute Gasteiger partial charge is 0.468 e. The van der Waals surface area contributed by atoms with E-state index < -0.39 is 36.2 Å². The average molecular weight is 524 g/mol. The van der Waals surface area contributed by atoms with Crippen molar-refractivity contribution in [2.24, 2.45) is 11.8 Å². The zero-order valence-corrected chi connectivity index (χ0v) is 23.0. The second kappa shape index (κ2) is 16.6. The Kier molecular flexibility index (Phi) is 14.3. The van der Waals surface area contributed by atoms with Crippen LogP contribution in [0.15, 0.2) is 18.2 Å². The molecule has 0 saturated heterocycles. The molecule has 0 fully saturated rings. The van der Waals surface area contributed by atoms with Crippen LogP contribution in [0.5, 0.6) is 11.5 Å². The molecule has 0 aromatic heterocycles. The van der Waals surface area contributed by atoms with Crippen LogP contribution in [0.1, 0.15) is 66.4 Å². The molecule has 0 heterocycles. The van der Waals surface area contributed by atoms with Crippen molar-refractivity contribution in [1.29, 1.82) is 0 Å². The lowest BCUT2D eigenvalue weighted by molar-refractivity contribution is -0.143. The summed E-state index contributed by atoms with van der Waals surface area (Å²) >= 11 is 0. The molecule has 37 heavy (non-hydrogen) atoms. The number of esters is 3. The second-order valence-electron chi connectivity index (χ2n) is 9.64. The highest BCUT2D eigenvalue weighted by molar-refractivity contribution is 5.77. The van der Waals surface area contributed by atoms with E-state index in [2.05, 4.69) is 5.32 Å². The predicted octanol–water partition coefficient (Wildman–Crippen LogP) is 4.22. The molecule has 2 atom stereocenters. The van der Waals surface area contributed by atoms with Gasteiger partial charge in [-0.3, -0.25) is 14.4 Å². The first-order chi connectivity index (χ1) is 17.4. The van der Waals surface area contributed by atoms with Gasteiger partial charge in [0, 0.05) is 19.4 Å². The Morgan fingerprint density at radius 1 is 0.892 bits per heavy atom. The number of hydrogen-bond acceptors (Lipinski definition) is 10. The topological polar surface area (TPSA) is 126 Å². The minimum Gasteiger partial charge on any atom is -0.468 e. The quantitative estimate of drug-likeness (QED) is 0.264. The van der Waals surface area contributed by atoms with Crippen molar-refractivity contribution in [3.8, 4) is 11.5 Å². The highest BCUT2D eigenvalue weighted by Gasteiger charge is 2.23. The van der Waals surface area contributed by atoms with Gasteiger partial charge in [0.2, 0.25) is 0 Å². The molecule has 0 aliphatic carbocycles. The Bertz CT molecular complexity index is 898. The van der Waals surface area contributed by atoms with Gasteiger partial charge in [-0.2, -0.15) is 0 Å². The summed E-state index contributed by atoms with van der Waals surface area (Å²) in [6.07, 6.45) is -0.0883. The normalized spacial score (nSPS) is 12.6. The summed E-state index contributed by atoms with van der Waals surface area (Å²) in [5.74, 6) is -1.02. The van der Waals surface area contributed by atoms with Crippen LogP contribution in [0.2, 0.25) is 0 Å². The third kappa shape index (κ3) is 13.1. The molecule has 10 heteroatoms. The lowest BCUT2D eigenvalue weighted by Gasteiger charge is -2.20. The first-order valence-electron chi connectivity index (χ1n) is 12.6. The monoisotopic (exact) mass is 523 g/mol. The maximum Gasteiger partial charge on any atom is 0.508 e. The lowest BCUT2D eigenvalue weighted by atomic mass is 10.0. The molecule has 1 unspecified atom stereocenters. The number of rotatable bonds is 15. The van der Waals surface area contributed by atoms with Gasteiger partial charge in [0.15, 0.2) is 11.5 Å². The molecule has 0 bridgehead atoms. The van der Waals surface area contributed by atoms with Crippen molar-refractivity contribution in [3.05, 3.63) is 23.8 Å². The van der Waals surface area contributed by atoms with Crippen LogP contribution in [-0.4, -0.2) is 56.5 Å². The third-order valence-electron chi connectivity index (χ3n) is 4.90. The molecule has 1 rings (SSSR count). The Hall–Kier alpha value is -3.14. The maximum atomic E-state index is 12.4. The molecule has 0 aliphatic rings. The van der Waals surface area contributed by atoms with Crippen molar-refractivity contribution in [3.63, 3.8) is 0 Å². The summed E-state index contributed by atoms with van der Waals surface area (Å²) in [6, 6.07) is 4.00. The van der Waals surface area contributed by atoms with Crippen LogP contribution in [0.25, 0.3) is 0 Å². The van der Waals surface area contributed by atoms with Crippen molar-refractivity contribution < 1.29 is 42.9 Å². The van der Waals surface area contributed by atoms with Gasteiger partial charge in [-0.25, -0.2) is 4.79 Å². The molecular weight excluding hydrogens is 482 g/mol. The van der Waals surface area contributed by atoms with E-state index in [9.17, 15) is 19.2 Å². The first-order valence-corrected chi connectivity index (χ1v) is 12.6. The summed E-state index contributed by atoms with van der Waals surface area (Å²) in [7, 11) is 1.27. The zero-order valence-electron chi connectivity index (χ0n) is 23.0. The molecule has 1 N–H and O–H groups in total. The van der Waals surface area contributed by atoms with E-state index in [4.69, 9.17) is 23.7 Å². The minimum atomic E-state index is -0.781. The summed E-state index contributed by atoms with van der Waals surface area (Å²) < 4.78 is 25.9. The molecule has 0 spiro atoms. The van der Waals surface area contributed by atoms with Crippen LogP contribution in [0.4, 0.5) is 4.79 Å². The second-order valence-corrected chi connectivity index (χ2v) is 9.64. The van der Waals surface area contributed by atoms with Gasteiger partial charge < -0.3 is 29.0 Å². The summed E-state index contributed by atoms with van der Waals surface area (Å²) in [5, 5.41) is 3.03. The Balaban J connectivity index is 3.03. The van der Waals surface area contributed by atoms with Crippen LogP contribution >= 0.6 is 0 Å². The average Bonchev–Trinajstić information content (AvgIpc) is 2.80. The number of benzene rings is 1. The third-order valence-corrected chi connectivity index (χ3v) is 4.90. The van der Waals surface area contributed by atoms with Gasteiger partial charge >= 0.3 is 24.1 Å². The summed E-state index contributed by atoms with van der Waals surface area (Å²) in [5.41, 5.74) is 0.634. The van der Waals surface area contributed by atoms with E-state index in [0.29, 0.717) is 12.0 Å². The zero-order chi connectivity index (χ0) is 28.0. The highest BCUT2D eigenvalue weighted by Crippen LogP contribution is 2.30. The standard InChI is InChI=1S/C27H41NO9/c1-8-11-34-27(32)35-19(6)16-28-21(26(31)33-7)14-20-9-10-22(36-24(29)12-17(2)3)23(15-20)37-25(30)13-18(4)5/h9-10,15,17-19,21,28H,8,11-14,16H2,1-7H3/t19?,21-/m0/s1. The largest absolute Gasteiger partial charge is 0.508 e. The maximum absolute atomic E-state index is 12.4. The fraction of sp³-hybridized carbons (Fsp3) is 0.630. The number of carbonyl (C=O) groups excluding carboxylic acids is 4. The molecule has 1 aromatic carbocycles.